The van der Waals surface area contributed by atoms with Crippen LogP contribution in [0, 0.1) is 0 Å². The van der Waals surface area contributed by atoms with Crippen molar-refractivity contribution in [1.82, 2.24) is 9.80 Å². The Morgan fingerprint density at radius 2 is 1.14 bits per heavy atom. The zero-order valence-corrected chi connectivity index (χ0v) is 11.7. The standard InChI is InChI=1S/C11H22N2.Pd/c1-10(2,3)12-7-8-13(9-12)11(4,5)6;/h7-8H2,1-6H3;. The molecule has 0 aromatic carbocycles. The molecule has 2 nitrogen and oxygen atoms in total. The quantitative estimate of drug-likeness (QED) is 0.628. The monoisotopic (exact) mass is 288 g/mol. The minimum atomic E-state index is 0.217. The van der Waals surface area contributed by atoms with Crippen LogP contribution in [0.5, 0.6) is 0 Å². The van der Waals surface area contributed by atoms with Gasteiger partial charge in [-0.3, -0.25) is 0 Å². The van der Waals surface area contributed by atoms with Crippen LogP contribution in [0.4, 0.5) is 0 Å². The van der Waals surface area contributed by atoms with E-state index >= 15 is 0 Å². The number of rotatable bonds is 0. The molecule has 86 valence electrons. The van der Waals surface area contributed by atoms with Crippen molar-refractivity contribution in [1.29, 1.82) is 0 Å². The number of nitrogens with zero attached hydrogens (tertiary/aromatic N) is 2. The first-order valence-electron chi connectivity index (χ1n) is 5.18. The van der Waals surface area contributed by atoms with Crippen LogP contribution in [0.15, 0.2) is 0 Å². The van der Waals surface area contributed by atoms with Gasteiger partial charge in [-0.15, -0.1) is 0 Å². The van der Waals surface area contributed by atoms with E-state index in [1.165, 1.54) is 4.23 Å². The van der Waals surface area contributed by atoms with Gasteiger partial charge in [-0.2, -0.15) is 0 Å². The molecule has 0 saturated carbocycles. The summed E-state index contributed by atoms with van der Waals surface area (Å²) in [6, 6.07) is 0. The Bertz CT molecular complexity index is 211. The Morgan fingerprint density at radius 3 is 1.29 bits per heavy atom. The SMILES string of the molecule is CC(C)(C)N1CCN(C(C)(C)C)[C]1=[Pd]. The molecule has 0 spiro atoms. The van der Waals surface area contributed by atoms with E-state index in [1.807, 2.05) is 0 Å². The van der Waals surface area contributed by atoms with Crippen LogP contribution >= 0.6 is 0 Å². The summed E-state index contributed by atoms with van der Waals surface area (Å²) in [6.45, 7) is 15.8. The van der Waals surface area contributed by atoms with E-state index in [1.54, 1.807) is 0 Å². The fraction of sp³-hybridized carbons (Fsp3) is 0.909. The first-order chi connectivity index (χ1) is 6.14. The van der Waals surface area contributed by atoms with Crippen molar-refractivity contribution in [3.05, 3.63) is 0 Å². The molecule has 0 bridgehead atoms. The summed E-state index contributed by atoms with van der Waals surface area (Å²) < 4.78 is 1.27. The van der Waals surface area contributed by atoms with Gasteiger partial charge < -0.3 is 0 Å². The van der Waals surface area contributed by atoms with Gasteiger partial charge in [-0.25, -0.2) is 0 Å². The first-order valence-corrected chi connectivity index (χ1v) is 5.96. The van der Waals surface area contributed by atoms with Gasteiger partial charge in [-0.1, -0.05) is 0 Å². The Balaban J connectivity index is 2.80. The van der Waals surface area contributed by atoms with E-state index in [-0.39, 0.29) is 11.1 Å². The fourth-order valence-corrected chi connectivity index (χ4v) is 3.09. The molecule has 0 N–H and O–H groups in total. The second-order valence-corrected chi connectivity index (χ2v) is 6.58. The van der Waals surface area contributed by atoms with Crippen LogP contribution in [0.25, 0.3) is 0 Å². The predicted octanol–water partition coefficient (Wildman–Crippen LogP) is 1.84. The normalized spacial score (nSPS) is 22.1. The maximum atomic E-state index is 3.42. The fourth-order valence-electron chi connectivity index (χ4n) is 1.70. The molecule has 0 aliphatic carbocycles. The van der Waals surface area contributed by atoms with Gasteiger partial charge in [-0.05, 0) is 0 Å². The van der Waals surface area contributed by atoms with Crippen LogP contribution in [0.2, 0.25) is 0 Å². The van der Waals surface area contributed by atoms with Crippen molar-refractivity contribution in [3.8, 4) is 0 Å². The van der Waals surface area contributed by atoms with Crippen LogP contribution in [0.1, 0.15) is 41.5 Å². The van der Waals surface area contributed by atoms with Gasteiger partial charge >= 0.3 is 98.5 Å². The third-order valence-corrected chi connectivity index (χ3v) is 3.42. The average Bonchev–Trinajstić information content (AvgIpc) is 2.26. The van der Waals surface area contributed by atoms with Crippen molar-refractivity contribution in [2.24, 2.45) is 0 Å². The van der Waals surface area contributed by atoms with E-state index in [4.69, 9.17) is 0 Å². The molecule has 1 aliphatic heterocycles. The van der Waals surface area contributed by atoms with Gasteiger partial charge in [0.2, 0.25) is 0 Å². The van der Waals surface area contributed by atoms with Gasteiger partial charge in [0.15, 0.2) is 0 Å². The molecule has 1 aliphatic rings. The summed E-state index contributed by atoms with van der Waals surface area (Å²) in [4.78, 5) is 4.86. The van der Waals surface area contributed by atoms with E-state index in [0.29, 0.717) is 0 Å². The van der Waals surface area contributed by atoms with Crippen molar-refractivity contribution in [2.45, 2.75) is 52.6 Å². The van der Waals surface area contributed by atoms with Crippen molar-refractivity contribution < 1.29 is 18.7 Å². The molecule has 0 radical (unpaired) electrons. The number of hydrogen-bond donors (Lipinski definition) is 0. The Hall–Kier alpha value is 0.452. The van der Waals surface area contributed by atoms with Crippen LogP contribution < -0.4 is 0 Å². The molecule has 0 unspecified atom stereocenters. The van der Waals surface area contributed by atoms with Crippen molar-refractivity contribution >= 4 is 4.23 Å². The molecule has 0 aromatic heterocycles. The summed E-state index contributed by atoms with van der Waals surface area (Å²) in [5.74, 6) is 0. The van der Waals surface area contributed by atoms with E-state index in [2.05, 4.69) is 70.1 Å². The zero-order valence-electron chi connectivity index (χ0n) is 10.1. The van der Waals surface area contributed by atoms with E-state index < -0.39 is 0 Å². The molecule has 14 heavy (non-hydrogen) atoms. The predicted molar refractivity (Wildman–Crippen MR) is 57.9 cm³/mol. The van der Waals surface area contributed by atoms with Gasteiger partial charge in [0.05, 0.1) is 0 Å². The Kier molecular flexibility index (Phi) is 3.39. The van der Waals surface area contributed by atoms with Gasteiger partial charge in [0.25, 0.3) is 0 Å². The topological polar surface area (TPSA) is 6.48 Å². The second-order valence-electron chi connectivity index (χ2n) is 5.89. The van der Waals surface area contributed by atoms with Crippen molar-refractivity contribution in [2.75, 3.05) is 13.1 Å². The molecular weight excluding hydrogens is 267 g/mol. The third kappa shape index (κ3) is 2.52. The maximum absolute atomic E-state index is 3.42. The molecular formula is C11H22N2Pd. The summed E-state index contributed by atoms with van der Waals surface area (Å²) in [7, 11) is 0. The van der Waals surface area contributed by atoms with Crippen LogP contribution in [-0.2, 0) is 18.7 Å². The minimum absolute atomic E-state index is 0.217. The van der Waals surface area contributed by atoms with E-state index in [0.717, 1.165) is 13.1 Å². The zero-order chi connectivity index (χ0) is 11.1. The second kappa shape index (κ2) is 3.79. The molecule has 0 atom stereocenters. The van der Waals surface area contributed by atoms with Crippen molar-refractivity contribution in [3.63, 3.8) is 0 Å². The first kappa shape index (κ1) is 12.5. The molecule has 3 heteroatoms. The Labute approximate surface area is 98.6 Å². The molecule has 1 rings (SSSR count). The third-order valence-electron chi connectivity index (χ3n) is 2.58. The van der Waals surface area contributed by atoms with Crippen LogP contribution in [0.3, 0.4) is 0 Å². The number of hydrogen-bond acceptors (Lipinski definition) is 2. The van der Waals surface area contributed by atoms with Crippen LogP contribution in [-0.4, -0.2) is 38.2 Å². The average molecular weight is 289 g/mol. The summed E-state index contributed by atoms with van der Waals surface area (Å²) >= 11 is 3.42. The molecule has 1 fully saturated rings. The van der Waals surface area contributed by atoms with Gasteiger partial charge in [0.1, 0.15) is 0 Å². The van der Waals surface area contributed by atoms with Gasteiger partial charge in [0, 0.05) is 0 Å². The molecule has 1 saturated heterocycles. The Morgan fingerprint density at radius 1 is 0.857 bits per heavy atom. The summed E-state index contributed by atoms with van der Waals surface area (Å²) in [6.07, 6.45) is 0. The summed E-state index contributed by atoms with van der Waals surface area (Å²) in [5, 5.41) is 0. The molecule has 0 amide bonds. The molecule has 0 aromatic rings. The van der Waals surface area contributed by atoms with E-state index in [9.17, 15) is 0 Å². The molecule has 1 heterocycles. The summed E-state index contributed by atoms with van der Waals surface area (Å²) in [5.41, 5.74) is 0.433.